The van der Waals surface area contributed by atoms with Crippen LogP contribution in [0.4, 0.5) is 5.69 Å². The highest BCUT2D eigenvalue weighted by Crippen LogP contribution is 2.30. The summed E-state index contributed by atoms with van der Waals surface area (Å²) in [4.78, 5) is 11.5. The Kier molecular flexibility index (Phi) is 6.16. The largest absolute Gasteiger partial charge is 0.399 e. The third-order valence-electron chi connectivity index (χ3n) is 4.82. The normalized spacial score (nSPS) is 10.9. The summed E-state index contributed by atoms with van der Waals surface area (Å²) >= 11 is 0. The van der Waals surface area contributed by atoms with Gasteiger partial charge >= 0.3 is 0 Å². The minimum absolute atomic E-state index is 0.419. The maximum absolute atomic E-state index is 11.5. The van der Waals surface area contributed by atoms with Crippen molar-refractivity contribution in [1.29, 1.82) is 0 Å². The number of hydrogen-bond acceptors (Lipinski definition) is 3. The molecular weight excluding hydrogens is 350 g/mol. The quantitative estimate of drug-likeness (QED) is 0.458. The molecule has 0 atom stereocenters. The van der Waals surface area contributed by atoms with E-state index >= 15 is 0 Å². The number of amides is 1. The molecule has 0 aliphatic carbocycles. The monoisotopic (exact) mass is 377 g/mol. The lowest BCUT2D eigenvalue weighted by Crippen LogP contribution is -2.12. The van der Waals surface area contributed by atoms with E-state index in [1.54, 1.807) is 6.07 Å². The van der Waals surface area contributed by atoms with E-state index in [0.29, 0.717) is 5.56 Å². The first-order valence-corrected chi connectivity index (χ1v) is 9.56. The molecule has 146 valence electrons. The zero-order chi connectivity index (χ0) is 20.1. The van der Waals surface area contributed by atoms with E-state index in [0.717, 1.165) is 54.3 Å². The van der Waals surface area contributed by atoms with Gasteiger partial charge in [0.05, 0.1) is 5.69 Å². The van der Waals surface area contributed by atoms with Crippen LogP contribution in [0.3, 0.4) is 0 Å². The minimum atomic E-state index is -0.419. The highest BCUT2D eigenvalue weighted by Gasteiger charge is 2.15. The van der Waals surface area contributed by atoms with Crippen LogP contribution >= 0.6 is 0 Å². The number of rotatable bonds is 8. The predicted octanol–water partition coefficient (Wildman–Crippen LogP) is 4.10. The Labute approximate surface area is 165 Å². The molecule has 0 fully saturated rings. The second kappa shape index (κ2) is 8.76. The summed E-state index contributed by atoms with van der Waals surface area (Å²) in [5.74, 6) is -0.419. The molecule has 1 aromatic heterocycles. The molecule has 2 aromatic carbocycles. The van der Waals surface area contributed by atoms with Crippen LogP contribution in [0.25, 0.3) is 16.9 Å². The van der Waals surface area contributed by atoms with Crippen LogP contribution in [0.1, 0.15) is 35.0 Å². The lowest BCUT2D eigenvalue weighted by molar-refractivity contribution is 0.1000. The summed E-state index contributed by atoms with van der Waals surface area (Å²) in [6.07, 6.45) is 1.84. The number of nitrogens with two attached hydrogens (primary N) is 2. The number of anilines is 1. The Balaban J connectivity index is 2.06. The number of ether oxygens (including phenoxy) is 1. The van der Waals surface area contributed by atoms with Crippen molar-refractivity contribution in [3.63, 3.8) is 0 Å². The molecule has 4 N–H and O–H groups in total. The van der Waals surface area contributed by atoms with Gasteiger partial charge in [0.25, 0.3) is 0 Å². The van der Waals surface area contributed by atoms with E-state index < -0.39 is 5.91 Å². The van der Waals surface area contributed by atoms with Crippen LogP contribution in [0, 0.1) is 6.92 Å². The summed E-state index contributed by atoms with van der Waals surface area (Å²) < 4.78 is 7.74. The van der Waals surface area contributed by atoms with Gasteiger partial charge in [-0.05, 0) is 80.3 Å². The zero-order valence-electron chi connectivity index (χ0n) is 16.4. The number of nitrogen functional groups attached to an aromatic ring is 1. The van der Waals surface area contributed by atoms with Gasteiger partial charge in [-0.25, -0.2) is 0 Å². The van der Waals surface area contributed by atoms with Gasteiger partial charge in [0, 0.05) is 35.8 Å². The fraction of sp³-hybridized carbons (Fsp3) is 0.261. The molecule has 28 heavy (non-hydrogen) atoms. The smallest absolute Gasteiger partial charge is 0.248 e. The summed E-state index contributed by atoms with van der Waals surface area (Å²) in [6.45, 7) is 5.47. The Morgan fingerprint density at radius 1 is 1.07 bits per heavy atom. The van der Waals surface area contributed by atoms with Gasteiger partial charge in [0.1, 0.15) is 0 Å². The van der Waals surface area contributed by atoms with E-state index in [4.69, 9.17) is 16.2 Å². The van der Waals surface area contributed by atoms with E-state index in [9.17, 15) is 4.79 Å². The molecule has 5 heteroatoms. The van der Waals surface area contributed by atoms with Gasteiger partial charge in [-0.2, -0.15) is 0 Å². The molecular formula is C23H27N3O2. The van der Waals surface area contributed by atoms with Crippen molar-refractivity contribution in [2.75, 3.05) is 18.9 Å². The van der Waals surface area contributed by atoms with Gasteiger partial charge in [0.2, 0.25) is 5.91 Å². The highest BCUT2D eigenvalue weighted by atomic mass is 16.5. The predicted molar refractivity (Wildman–Crippen MR) is 114 cm³/mol. The number of aromatic nitrogens is 1. The van der Waals surface area contributed by atoms with E-state index in [1.807, 2.05) is 50.2 Å². The molecule has 0 aliphatic heterocycles. The first-order chi connectivity index (χ1) is 13.5. The van der Waals surface area contributed by atoms with Crippen LogP contribution in [0.5, 0.6) is 0 Å². The zero-order valence-corrected chi connectivity index (χ0v) is 16.4. The number of primary amides is 1. The summed E-state index contributed by atoms with van der Waals surface area (Å²) in [7, 11) is 0. The summed E-state index contributed by atoms with van der Waals surface area (Å²) in [6, 6.07) is 17.7. The molecule has 0 bridgehead atoms. The molecule has 3 aromatic rings. The third kappa shape index (κ3) is 4.26. The maximum Gasteiger partial charge on any atom is 0.248 e. The van der Waals surface area contributed by atoms with Gasteiger partial charge < -0.3 is 20.8 Å². The molecule has 0 unspecified atom stereocenters. The number of carbonyl (C=O) groups excluding carboxylic acids is 1. The molecule has 0 saturated carbocycles. The van der Waals surface area contributed by atoms with Crippen LogP contribution in [-0.4, -0.2) is 23.7 Å². The lowest BCUT2D eigenvalue weighted by Gasteiger charge is -2.17. The number of hydrogen-bond donors (Lipinski definition) is 2. The van der Waals surface area contributed by atoms with E-state index in [1.165, 1.54) is 5.69 Å². The van der Waals surface area contributed by atoms with Gasteiger partial charge in [-0.3, -0.25) is 4.79 Å². The van der Waals surface area contributed by atoms with Crippen molar-refractivity contribution in [3.8, 4) is 16.9 Å². The first-order valence-electron chi connectivity index (χ1n) is 9.56. The molecule has 1 amide bonds. The fourth-order valence-corrected chi connectivity index (χ4v) is 3.40. The number of benzene rings is 2. The Bertz CT molecular complexity index is 958. The van der Waals surface area contributed by atoms with Crippen molar-refractivity contribution < 1.29 is 9.53 Å². The molecule has 1 heterocycles. The number of nitrogens with zero attached hydrogens (tertiary/aromatic N) is 1. The number of carbonyl (C=O) groups is 1. The van der Waals surface area contributed by atoms with Crippen molar-refractivity contribution in [2.24, 2.45) is 5.73 Å². The second-order valence-corrected chi connectivity index (χ2v) is 6.83. The van der Waals surface area contributed by atoms with Gasteiger partial charge in [0.15, 0.2) is 0 Å². The van der Waals surface area contributed by atoms with Gasteiger partial charge in [-0.15, -0.1) is 0 Å². The van der Waals surface area contributed by atoms with Crippen molar-refractivity contribution >= 4 is 11.6 Å². The standard InChI is InChI=1S/C23H27N3O2/c1-3-28-14-4-5-20-11-13-22(17-6-9-19(24)10-7-17)26(20)21-12-8-18(23(25)27)15-16(21)2/h6-13,15H,3-5,14,24H2,1-2H3,(H2,25,27). The van der Waals surface area contributed by atoms with Gasteiger partial charge in [-0.1, -0.05) is 12.1 Å². The minimum Gasteiger partial charge on any atom is -0.399 e. The Morgan fingerprint density at radius 2 is 1.82 bits per heavy atom. The topological polar surface area (TPSA) is 83.3 Å². The average Bonchev–Trinajstić information content (AvgIpc) is 3.09. The molecule has 0 aliphatic rings. The molecule has 3 rings (SSSR count). The molecule has 0 radical (unpaired) electrons. The molecule has 5 nitrogen and oxygen atoms in total. The van der Waals surface area contributed by atoms with E-state index in [2.05, 4.69) is 16.7 Å². The third-order valence-corrected chi connectivity index (χ3v) is 4.82. The SMILES string of the molecule is CCOCCCc1ccc(-c2ccc(N)cc2)n1-c1ccc(C(N)=O)cc1C. The van der Waals surface area contributed by atoms with Crippen LogP contribution < -0.4 is 11.5 Å². The summed E-state index contributed by atoms with van der Waals surface area (Å²) in [5, 5.41) is 0. The van der Waals surface area contributed by atoms with Crippen LogP contribution in [0.15, 0.2) is 54.6 Å². The second-order valence-electron chi connectivity index (χ2n) is 6.83. The average molecular weight is 377 g/mol. The van der Waals surface area contributed by atoms with Crippen LogP contribution in [0.2, 0.25) is 0 Å². The van der Waals surface area contributed by atoms with Crippen molar-refractivity contribution in [3.05, 3.63) is 71.4 Å². The summed E-state index contributed by atoms with van der Waals surface area (Å²) in [5.41, 5.74) is 17.9. The Hall–Kier alpha value is -3.05. The fourth-order valence-electron chi connectivity index (χ4n) is 3.40. The number of aryl methyl sites for hydroxylation is 2. The first kappa shape index (κ1) is 19.7. The van der Waals surface area contributed by atoms with Crippen molar-refractivity contribution in [2.45, 2.75) is 26.7 Å². The van der Waals surface area contributed by atoms with Crippen LogP contribution in [-0.2, 0) is 11.2 Å². The maximum atomic E-state index is 11.5. The Morgan fingerprint density at radius 3 is 2.46 bits per heavy atom. The molecule has 0 spiro atoms. The van der Waals surface area contributed by atoms with E-state index in [-0.39, 0.29) is 0 Å². The lowest BCUT2D eigenvalue weighted by atomic mass is 10.1. The highest BCUT2D eigenvalue weighted by molar-refractivity contribution is 5.93. The van der Waals surface area contributed by atoms with Crippen molar-refractivity contribution in [1.82, 2.24) is 4.57 Å². The molecule has 0 saturated heterocycles.